The molecule has 1 heterocycles. The normalized spacial score (nSPS) is 11.6. The highest BCUT2D eigenvalue weighted by Crippen LogP contribution is 2.35. The minimum absolute atomic E-state index is 0.0208. The molecule has 2 aromatic rings. The molecule has 0 saturated heterocycles. The molecule has 0 saturated carbocycles. The monoisotopic (exact) mass is 379 g/mol. The molecule has 0 radical (unpaired) electrons. The number of aromatic nitrogens is 2. The Labute approximate surface area is 146 Å². The number of amides is 1. The van der Waals surface area contributed by atoms with Gasteiger partial charge < -0.3 is 5.32 Å². The molecule has 0 aliphatic rings. The van der Waals surface area contributed by atoms with Crippen LogP contribution in [0, 0.1) is 13.8 Å². The van der Waals surface area contributed by atoms with Crippen LogP contribution in [0.3, 0.4) is 0 Å². The van der Waals surface area contributed by atoms with Crippen molar-refractivity contribution < 1.29 is 18.0 Å². The van der Waals surface area contributed by atoms with Crippen molar-refractivity contribution >= 4 is 34.8 Å². The van der Waals surface area contributed by atoms with Crippen LogP contribution in [0.25, 0.3) is 0 Å². The van der Waals surface area contributed by atoms with E-state index >= 15 is 0 Å². The maximum absolute atomic E-state index is 12.8. The number of aryl methyl sites for hydroxylation is 2. The highest BCUT2D eigenvalue weighted by Gasteiger charge is 2.38. The molecule has 1 aromatic carbocycles. The maximum atomic E-state index is 12.8. The van der Waals surface area contributed by atoms with Crippen LogP contribution in [0.1, 0.15) is 23.4 Å². The Morgan fingerprint density at radius 2 is 1.96 bits per heavy atom. The smallest absolute Gasteiger partial charge is 0.326 e. The van der Waals surface area contributed by atoms with Gasteiger partial charge in [-0.1, -0.05) is 29.3 Å². The molecule has 0 spiro atoms. The Balaban J connectivity index is 2.06. The first-order valence-corrected chi connectivity index (χ1v) is 7.71. The van der Waals surface area contributed by atoms with E-state index in [1.54, 1.807) is 25.1 Å². The average molecular weight is 380 g/mol. The quantitative estimate of drug-likeness (QED) is 0.824. The second-order valence-electron chi connectivity index (χ2n) is 5.23. The Bertz CT molecular complexity index is 772. The van der Waals surface area contributed by atoms with Crippen molar-refractivity contribution in [1.29, 1.82) is 0 Å². The molecule has 1 aromatic heterocycles. The van der Waals surface area contributed by atoms with Crippen LogP contribution in [0.5, 0.6) is 0 Å². The van der Waals surface area contributed by atoms with Crippen molar-refractivity contribution in [2.45, 2.75) is 33.0 Å². The van der Waals surface area contributed by atoms with E-state index in [-0.39, 0.29) is 24.6 Å². The molecule has 0 atom stereocenters. The SMILES string of the molecule is Cc1ccc(Cl)cc1NC(=O)CCn1nc(C(F)(F)F)c(Cl)c1C. The fourth-order valence-electron chi connectivity index (χ4n) is 2.07. The Morgan fingerprint density at radius 3 is 2.54 bits per heavy atom. The summed E-state index contributed by atoms with van der Waals surface area (Å²) < 4.78 is 39.4. The molecule has 0 aliphatic heterocycles. The first-order valence-electron chi connectivity index (χ1n) is 6.95. The van der Waals surface area contributed by atoms with E-state index in [1.807, 2.05) is 0 Å². The van der Waals surface area contributed by atoms with E-state index in [4.69, 9.17) is 23.2 Å². The average Bonchev–Trinajstić information content (AvgIpc) is 2.77. The third-order valence-corrected chi connectivity index (χ3v) is 4.11. The van der Waals surface area contributed by atoms with E-state index in [2.05, 4.69) is 10.4 Å². The van der Waals surface area contributed by atoms with Crippen molar-refractivity contribution in [2.24, 2.45) is 0 Å². The molecule has 0 aliphatic carbocycles. The number of hydrogen-bond donors (Lipinski definition) is 1. The second kappa shape index (κ2) is 7.03. The fourth-order valence-corrected chi connectivity index (χ4v) is 2.49. The molecule has 0 unspecified atom stereocenters. The number of anilines is 1. The number of rotatable bonds is 4. The number of halogens is 5. The zero-order valence-electron chi connectivity index (χ0n) is 12.8. The van der Waals surface area contributed by atoms with Gasteiger partial charge in [0.25, 0.3) is 0 Å². The van der Waals surface area contributed by atoms with Gasteiger partial charge in [-0.2, -0.15) is 18.3 Å². The summed E-state index contributed by atoms with van der Waals surface area (Å²) in [5.41, 5.74) is 0.396. The summed E-state index contributed by atoms with van der Waals surface area (Å²) in [6.45, 7) is 3.20. The lowest BCUT2D eigenvalue weighted by molar-refractivity contribution is -0.141. The minimum atomic E-state index is -4.63. The number of nitrogens with one attached hydrogen (secondary N) is 1. The lowest BCUT2D eigenvalue weighted by Gasteiger charge is -2.09. The van der Waals surface area contributed by atoms with Gasteiger partial charge in [-0.05, 0) is 31.5 Å². The van der Waals surface area contributed by atoms with E-state index in [0.29, 0.717) is 10.7 Å². The third-order valence-electron chi connectivity index (χ3n) is 3.43. The second-order valence-corrected chi connectivity index (χ2v) is 6.04. The largest absolute Gasteiger partial charge is 0.436 e. The van der Waals surface area contributed by atoms with Crippen LogP contribution in [0.4, 0.5) is 18.9 Å². The van der Waals surface area contributed by atoms with Crippen LogP contribution >= 0.6 is 23.2 Å². The van der Waals surface area contributed by atoms with Crippen LogP contribution in [0.15, 0.2) is 18.2 Å². The summed E-state index contributed by atoms with van der Waals surface area (Å²) in [5.74, 6) is -0.361. The van der Waals surface area contributed by atoms with Crippen molar-refractivity contribution in [3.8, 4) is 0 Å². The van der Waals surface area contributed by atoms with Crippen molar-refractivity contribution in [3.63, 3.8) is 0 Å². The Hall–Kier alpha value is -1.73. The summed E-state index contributed by atoms with van der Waals surface area (Å²) in [5, 5.41) is 6.14. The number of benzene rings is 1. The molecular formula is C15H14Cl2F3N3O. The van der Waals surface area contributed by atoms with Crippen LogP contribution in [-0.4, -0.2) is 15.7 Å². The zero-order valence-corrected chi connectivity index (χ0v) is 14.4. The maximum Gasteiger partial charge on any atom is 0.436 e. The topological polar surface area (TPSA) is 46.9 Å². The summed E-state index contributed by atoms with van der Waals surface area (Å²) in [4.78, 5) is 12.0. The van der Waals surface area contributed by atoms with Gasteiger partial charge in [-0.15, -0.1) is 0 Å². The third kappa shape index (κ3) is 4.21. The standard InChI is InChI=1S/C15H14Cl2F3N3O/c1-8-3-4-10(16)7-11(8)21-12(24)5-6-23-9(2)13(17)14(22-23)15(18,19)20/h3-4,7H,5-6H2,1-2H3,(H,21,24). The van der Waals surface area contributed by atoms with E-state index in [1.165, 1.54) is 6.92 Å². The van der Waals surface area contributed by atoms with Gasteiger partial charge in [-0.25, -0.2) is 0 Å². The van der Waals surface area contributed by atoms with Crippen molar-refractivity contribution in [1.82, 2.24) is 9.78 Å². The Kier molecular flexibility index (Phi) is 5.45. The van der Waals surface area contributed by atoms with Gasteiger partial charge in [0.05, 0.1) is 17.3 Å². The predicted molar refractivity (Wildman–Crippen MR) is 86.4 cm³/mol. The molecule has 0 fully saturated rings. The Morgan fingerprint density at radius 1 is 1.29 bits per heavy atom. The summed E-state index contributed by atoms with van der Waals surface area (Å²) >= 11 is 11.5. The van der Waals surface area contributed by atoms with Crippen LogP contribution in [-0.2, 0) is 17.5 Å². The van der Waals surface area contributed by atoms with Gasteiger partial charge in [0.15, 0.2) is 5.69 Å². The number of carbonyl (C=O) groups is 1. The number of hydrogen-bond acceptors (Lipinski definition) is 2. The van der Waals surface area contributed by atoms with Gasteiger partial charge in [-0.3, -0.25) is 9.48 Å². The van der Waals surface area contributed by atoms with Gasteiger partial charge in [0.2, 0.25) is 5.91 Å². The molecule has 0 bridgehead atoms. The fraction of sp³-hybridized carbons (Fsp3) is 0.333. The first-order chi connectivity index (χ1) is 11.1. The van der Waals surface area contributed by atoms with Crippen molar-refractivity contribution in [3.05, 3.63) is 45.2 Å². The predicted octanol–water partition coefficient (Wildman–Crippen LogP) is 4.85. The molecule has 4 nitrogen and oxygen atoms in total. The van der Waals surface area contributed by atoms with Gasteiger partial charge in [0.1, 0.15) is 0 Å². The van der Waals surface area contributed by atoms with Gasteiger partial charge in [0, 0.05) is 17.1 Å². The summed E-state index contributed by atoms with van der Waals surface area (Å²) in [6.07, 6.45) is -4.69. The first kappa shape index (κ1) is 18.6. The van der Waals surface area contributed by atoms with E-state index in [9.17, 15) is 18.0 Å². The molecule has 9 heteroatoms. The molecule has 24 heavy (non-hydrogen) atoms. The molecular weight excluding hydrogens is 366 g/mol. The molecule has 1 amide bonds. The summed E-state index contributed by atoms with van der Waals surface area (Å²) in [7, 11) is 0. The van der Waals surface area contributed by atoms with Crippen LogP contribution in [0.2, 0.25) is 10.0 Å². The van der Waals surface area contributed by atoms with E-state index < -0.39 is 16.9 Å². The lowest BCUT2D eigenvalue weighted by Crippen LogP contribution is -2.16. The zero-order chi connectivity index (χ0) is 18.1. The molecule has 130 valence electrons. The summed E-state index contributed by atoms with van der Waals surface area (Å²) in [6, 6.07) is 5.05. The molecule has 2 rings (SSSR count). The van der Waals surface area contributed by atoms with Gasteiger partial charge >= 0.3 is 6.18 Å². The lowest BCUT2D eigenvalue weighted by atomic mass is 10.2. The van der Waals surface area contributed by atoms with Crippen molar-refractivity contribution in [2.75, 3.05) is 5.32 Å². The molecule has 1 N–H and O–H groups in total. The number of nitrogens with zero attached hydrogens (tertiary/aromatic N) is 2. The highest BCUT2D eigenvalue weighted by atomic mass is 35.5. The highest BCUT2D eigenvalue weighted by molar-refractivity contribution is 6.32. The minimum Gasteiger partial charge on any atom is -0.326 e. The van der Waals surface area contributed by atoms with Crippen LogP contribution < -0.4 is 5.32 Å². The number of carbonyl (C=O) groups excluding carboxylic acids is 1. The number of alkyl halides is 3. The van der Waals surface area contributed by atoms with E-state index in [0.717, 1.165) is 10.2 Å².